The van der Waals surface area contributed by atoms with Crippen molar-refractivity contribution in [3.05, 3.63) is 65.1 Å². The number of aryl methyl sites for hydroxylation is 1. The fourth-order valence-electron chi connectivity index (χ4n) is 4.38. The van der Waals surface area contributed by atoms with Gasteiger partial charge in [0.15, 0.2) is 5.69 Å². The Balaban J connectivity index is 1.58. The number of nitrogens with one attached hydrogen (secondary N) is 3. The molecule has 1 saturated carbocycles. The summed E-state index contributed by atoms with van der Waals surface area (Å²) >= 11 is 0. The van der Waals surface area contributed by atoms with E-state index in [0.717, 1.165) is 24.2 Å². The number of pyridine rings is 1. The van der Waals surface area contributed by atoms with E-state index in [0.29, 0.717) is 34.0 Å². The molecule has 1 aliphatic carbocycles. The Bertz CT molecular complexity index is 1190. The van der Waals surface area contributed by atoms with Crippen molar-refractivity contribution in [1.82, 2.24) is 25.2 Å². The molecule has 0 bridgehead atoms. The first-order chi connectivity index (χ1) is 15.5. The maximum Gasteiger partial charge on any atom is 0.272 e. The second kappa shape index (κ2) is 9.25. The molecule has 0 unspecified atom stereocenters. The van der Waals surface area contributed by atoms with Crippen LogP contribution in [0.1, 0.15) is 59.0 Å². The SMILES string of the molecule is CN/C=C(\N=N)c1cc(F)cc(CNC(=O)c2nccc3nc(C4CCCC4)n(C)c23)c1. The van der Waals surface area contributed by atoms with Gasteiger partial charge in [-0.3, -0.25) is 4.79 Å². The molecule has 2 heterocycles. The highest BCUT2D eigenvalue weighted by Gasteiger charge is 2.25. The van der Waals surface area contributed by atoms with Crippen molar-refractivity contribution in [2.24, 2.45) is 12.2 Å². The molecule has 1 fully saturated rings. The van der Waals surface area contributed by atoms with E-state index < -0.39 is 5.82 Å². The summed E-state index contributed by atoms with van der Waals surface area (Å²) in [7, 11) is 3.61. The Morgan fingerprint density at radius 2 is 2.12 bits per heavy atom. The van der Waals surface area contributed by atoms with Crippen LogP contribution in [0.5, 0.6) is 0 Å². The van der Waals surface area contributed by atoms with Crippen LogP contribution < -0.4 is 10.6 Å². The molecule has 3 aromatic rings. The lowest BCUT2D eigenvalue weighted by molar-refractivity contribution is 0.0947. The molecular weight excluding hydrogens is 409 g/mol. The Morgan fingerprint density at radius 3 is 2.84 bits per heavy atom. The number of fused-ring (bicyclic) bond motifs is 1. The molecule has 0 spiro atoms. The van der Waals surface area contributed by atoms with E-state index in [1.165, 1.54) is 31.2 Å². The molecule has 166 valence electrons. The number of halogens is 1. The summed E-state index contributed by atoms with van der Waals surface area (Å²) in [5, 5.41) is 9.05. The van der Waals surface area contributed by atoms with Gasteiger partial charge in [0.2, 0.25) is 0 Å². The third kappa shape index (κ3) is 4.23. The molecule has 3 N–H and O–H groups in total. The number of amides is 1. The predicted molar refractivity (Wildman–Crippen MR) is 119 cm³/mol. The zero-order valence-electron chi connectivity index (χ0n) is 18.2. The molecule has 8 nitrogen and oxygen atoms in total. The van der Waals surface area contributed by atoms with Crippen molar-refractivity contribution in [3.63, 3.8) is 0 Å². The number of aromatic nitrogens is 3. The van der Waals surface area contributed by atoms with Crippen LogP contribution in [-0.4, -0.2) is 27.5 Å². The summed E-state index contributed by atoms with van der Waals surface area (Å²) in [5.41, 5.74) is 10.4. The number of hydrogen-bond acceptors (Lipinski definition) is 6. The maximum absolute atomic E-state index is 14.1. The fraction of sp³-hybridized carbons (Fsp3) is 0.348. The van der Waals surface area contributed by atoms with E-state index in [-0.39, 0.29) is 12.5 Å². The summed E-state index contributed by atoms with van der Waals surface area (Å²) in [6.07, 6.45) is 7.74. The van der Waals surface area contributed by atoms with Crippen LogP contribution >= 0.6 is 0 Å². The van der Waals surface area contributed by atoms with Crippen LogP contribution in [0.25, 0.3) is 16.7 Å². The normalized spacial score (nSPS) is 14.7. The van der Waals surface area contributed by atoms with Gasteiger partial charge in [0.05, 0.1) is 11.0 Å². The fourth-order valence-corrected chi connectivity index (χ4v) is 4.38. The van der Waals surface area contributed by atoms with E-state index >= 15 is 0 Å². The summed E-state index contributed by atoms with van der Waals surface area (Å²) in [6.45, 7) is 0.111. The van der Waals surface area contributed by atoms with Crippen molar-refractivity contribution < 1.29 is 9.18 Å². The first kappa shape index (κ1) is 21.6. The quantitative estimate of drug-likeness (QED) is 0.482. The summed E-state index contributed by atoms with van der Waals surface area (Å²) < 4.78 is 16.1. The molecule has 1 aliphatic rings. The van der Waals surface area contributed by atoms with Gasteiger partial charge in [0, 0.05) is 44.5 Å². The van der Waals surface area contributed by atoms with Crippen molar-refractivity contribution in [1.29, 1.82) is 5.53 Å². The van der Waals surface area contributed by atoms with Gasteiger partial charge in [-0.15, -0.1) is 0 Å². The third-order valence-corrected chi connectivity index (χ3v) is 5.86. The minimum absolute atomic E-state index is 0.111. The highest BCUT2D eigenvalue weighted by molar-refractivity contribution is 6.03. The van der Waals surface area contributed by atoms with Gasteiger partial charge in [0.25, 0.3) is 5.91 Å². The van der Waals surface area contributed by atoms with Crippen LogP contribution in [0.2, 0.25) is 0 Å². The highest BCUT2D eigenvalue weighted by atomic mass is 19.1. The van der Waals surface area contributed by atoms with Gasteiger partial charge in [0.1, 0.15) is 17.3 Å². The number of hydrogen-bond donors (Lipinski definition) is 3. The lowest BCUT2D eigenvalue weighted by atomic mass is 10.1. The van der Waals surface area contributed by atoms with E-state index in [4.69, 9.17) is 10.5 Å². The molecule has 1 aromatic carbocycles. The summed E-state index contributed by atoms with van der Waals surface area (Å²) in [4.78, 5) is 22.1. The largest absolute Gasteiger partial charge is 0.392 e. The minimum Gasteiger partial charge on any atom is -0.392 e. The van der Waals surface area contributed by atoms with Crippen molar-refractivity contribution >= 4 is 22.6 Å². The van der Waals surface area contributed by atoms with Gasteiger partial charge in [-0.25, -0.2) is 19.9 Å². The number of carbonyl (C=O) groups is 1. The molecular formula is C23H26FN7O. The van der Waals surface area contributed by atoms with Crippen LogP contribution in [0.4, 0.5) is 4.39 Å². The van der Waals surface area contributed by atoms with Crippen LogP contribution in [0.3, 0.4) is 0 Å². The zero-order chi connectivity index (χ0) is 22.7. The topological polar surface area (TPSA) is 108 Å². The first-order valence-electron chi connectivity index (χ1n) is 10.7. The molecule has 0 saturated heterocycles. The second-order valence-corrected chi connectivity index (χ2v) is 8.00. The molecule has 4 rings (SSSR count). The first-order valence-corrected chi connectivity index (χ1v) is 10.7. The molecule has 0 atom stereocenters. The molecule has 9 heteroatoms. The van der Waals surface area contributed by atoms with Gasteiger partial charge >= 0.3 is 0 Å². The average Bonchev–Trinajstić information content (AvgIpc) is 3.43. The van der Waals surface area contributed by atoms with Gasteiger partial charge < -0.3 is 15.2 Å². The Morgan fingerprint density at radius 1 is 1.34 bits per heavy atom. The van der Waals surface area contributed by atoms with E-state index in [1.807, 2.05) is 17.7 Å². The summed E-state index contributed by atoms with van der Waals surface area (Å²) in [5.74, 6) is 0.595. The van der Waals surface area contributed by atoms with Gasteiger partial charge in [-0.1, -0.05) is 12.8 Å². The monoisotopic (exact) mass is 435 g/mol. The standard InChI is InChI=1S/C23H26FN7O/c1-26-13-19(30-25)16-9-14(10-17(24)11-16)12-28-23(32)20-21-18(7-8-27-20)29-22(31(21)2)15-5-3-4-6-15/h7-11,13,15,25-26H,3-6,12H2,1-2H3,(H,28,32)/b19-13-,30-25?. The molecule has 1 amide bonds. The summed E-state index contributed by atoms with van der Waals surface area (Å²) in [6, 6.07) is 6.17. The lowest BCUT2D eigenvalue weighted by Gasteiger charge is -2.11. The van der Waals surface area contributed by atoms with E-state index in [2.05, 4.69) is 20.7 Å². The lowest BCUT2D eigenvalue weighted by Crippen LogP contribution is -2.24. The van der Waals surface area contributed by atoms with Crippen molar-refractivity contribution in [3.8, 4) is 0 Å². The number of rotatable bonds is 7. The molecule has 2 aromatic heterocycles. The van der Waals surface area contributed by atoms with E-state index in [9.17, 15) is 9.18 Å². The Hall–Kier alpha value is -3.62. The number of imidazole rings is 1. The Labute approximate surface area is 185 Å². The van der Waals surface area contributed by atoms with Gasteiger partial charge in [-0.05, 0) is 42.7 Å². The smallest absolute Gasteiger partial charge is 0.272 e. The molecule has 32 heavy (non-hydrogen) atoms. The van der Waals surface area contributed by atoms with Crippen molar-refractivity contribution in [2.45, 2.75) is 38.1 Å². The van der Waals surface area contributed by atoms with Gasteiger partial charge in [-0.2, -0.15) is 5.11 Å². The zero-order valence-corrected chi connectivity index (χ0v) is 18.2. The third-order valence-electron chi connectivity index (χ3n) is 5.86. The number of benzene rings is 1. The molecule has 0 aliphatic heterocycles. The maximum atomic E-state index is 14.1. The second-order valence-electron chi connectivity index (χ2n) is 8.00. The van der Waals surface area contributed by atoms with Crippen molar-refractivity contribution in [2.75, 3.05) is 7.05 Å². The van der Waals surface area contributed by atoms with Crippen LogP contribution in [0.15, 0.2) is 41.8 Å². The minimum atomic E-state index is -0.467. The molecule has 0 radical (unpaired) electrons. The predicted octanol–water partition coefficient (Wildman–Crippen LogP) is 4.24. The van der Waals surface area contributed by atoms with Crippen LogP contribution in [-0.2, 0) is 13.6 Å². The van der Waals surface area contributed by atoms with E-state index in [1.54, 1.807) is 19.3 Å². The highest BCUT2D eigenvalue weighted by Crippen LogP contribution is 2.35. The number of carbonyl (C=O) groups excluding carboxylic acids is 1. The average molecular weight is 436 g/mol. The van der Waals surface area contributed by atoms with Crippen LogP contribution in [0, 0.1) is 11.3 Å². The number of nitrogens with zero attached hydrogens (tertiary/aromatic N) is 4. The Kier molecular flexibility index (Phi) is 6.25.